The van der Waals surface area contributed by atoms with E-state index in [0.29, 0.717) is 17.3 Å². The summed E-state index contributed by atoms with van der Waals surface area (Å²) in [5.41, 5.74) is 7.83. The largest absolute Gasteiger partial charge is 0.387 e. The Morgan fingerprint density at radius 3 is 2.88 bits per heavy atom. The number of nitrogen functional groups attached to an aromatic ring is 1. The van der Waals surface area contributed by atoms with Gasteiger partial charge in [-0.25, -0.2) is 4.98 Å². The highest BCUT2D eigenvalue weighted by atomic mass is 16.3. The van der Waals surface area contributed by atoms with E-state index in [9.17, 15) is 5.11 Å². The molecular formula is C15H21N9O. The van der Waals surface area contributed by atoms with Crippen molar-refractivity contribution in [1.82, 2.24) is 34.9 Å². The number of hydrogen-bond acceptors (Lipinski definition) is 8. The number of aromatic amines is 1. The minimum absolute atomic E-state index is 0.241. The van der Waals surface area contributed by atoms with E-state index < -0.39 is 6.10 Å². The Labute approximate surface area is 144 Å². The Bertz CT molecular complexity index is 863. The fourth-order valence-corrected chi connectivity index (χ4v) is 3.25. The summed E-state index contributed by atoms with van der Waals surface area (Å²) in [6.07, 6.45) is 4.87. The molecule has 0 aromatic carbocycles. The van der Waals surface area contributed by atoms with E-state index in [1.165, 1.54) is 0 Å². The first-order valence-corrected chi connectivity index (χ1v) is 8.40. The van der Waals surface area contributed by atoms with Crippen molar-refractivity contribution in [2.75, 3.05) is 23.7 Å². The zero-order valence-corrected chi connectivity index (χ0v) is 14.0. The Morgan fingerprint density at radius 2 is 2.16 bits per heavy atom. The van der Waals surface area contributed by atoms with Gasteiger partial charge in [-0.2, -0.15) is 9.97 Å². The third-order valence-corrected chi connectivity index (χ3v) is 4.63. The molecule has 0 saturated carbocycles. The van der Waals surface area contributed by atoms with E-state index in [1.54, 1.807) is 13.3 Å². The number of nitrogens with two attached hydrogens (primary N) is 1. The van der Waals surface area contributed by atoms with Crippen molar-refractivity contribution in [3.05, 3.63) is 18.2 Å². The Hall–Kier alpha value is -2.75. The van der Waals surface area contributed by atoms with Crippen molar-refractivity contribution in [2.45, 2.75) is 32.4 Å². The van der Waals surface area contributed by atoms with Crippen LogP contribution in [0.1, 0.15) is 31.6 Å². The number of hydrogen-bond donors (Lipinski definition) is 3. The molecule has 4 rings (SSSR count). The second kappa shape index (κ2) is 6.28. The second-order valence-corrected chi connectivity index (χ2v) is 6.48. The highest BCUT2D eigenvalue weighted by Gasteiger charge is 2.23. The first-order chi connectivity index (χ1) is 12.1. The summed E-state index contributed by atoms with van der Waals surface area (Å²) in [5, 5.41) is 17.6. The molecule has 10 heteroatoms. The first kappa shape index (κ1) is 15.8. The second-order valence-electron chi connectivity index (χ2n) is 6.48. The molecule has 1 aliphatic heterocycles. The van der Waals surface area contributed by atoms with Crippen LogP contribution in [0.5, 0.6) is 0 Å². The lowest BCUT2D eigenvalue weighted by Gasteiger charge is -2.32. The molecule has 4 N–H and O–H groups in total. The van der Waals surface area contributed by atoms with Gasteiger partial charge in [-0.05, 0) is 25.7 Å². The number of anilines is 2. The van der Waals surface area contributed by atoms with Gasteiger partial charge < -0.3 is 20.7 Å². The zero-order chi connectivity index (χ0) is 17.4. The summed E-state index contributed by atoms with van der Waals surface area (Å²) in [7, 11) is 0. The monoisotopic (exact) mass is 343 g/mol. The molecule has 1 atom stereocenters. The number of aromatic nitrogens is 7. The maximum absolute atomic E-state index is 9.54. The quantitative estimate of drug-likeness (QED) is 0.623. The molecule has 1 fully saturated rings. The van der Waals surface area contributed by atoms with Crippen molar-refractivity contribution >= 4 is 22.9 Å². The first-order valence-electron chi connectivity index (χ1n) is 8.40. The van der Waals surface area contributed by atoms with E-state index in [1.807, 2.05) is 10.9 Å². The number of rotatable bonds is 4. The molecule has 0 spiro atoms. The predicted octanol–water partition coefficient (Wildman–Crippen LogP) is 0.496. The van der Waals surface area contributed by atoms with Crippen LogP contribution >= 0.6 is 0 Å². The average molecular weight is 343 g/mol. The molecule has 1 unspecified atom stereocenters. The third kappa shape index (κ3) is 3.12. The van der Waals surface area contributed by atoms with Crippen molar-refractivity contribution in [3.8, 4) is 0 Å². The lowest BCUT2D eigenvalue weighted by molar-refractivity contribution is 0.194. The van der Waals surface area contributed by atoms with Gasteiger partial charge in [0, 0.05) is 19.6 Å². The lowest BCUT2D eigenvalue weighted by atomic mass is 9.97. The minimum Gasteiger partial charge on any atom is -0.387 e. The summed E-state index contributed by atoms with van der Waals surface area (Å²) in [6.45, 7) is 4.26. The van der Waals surface area contributed by atoms with Crippen molar-refractivity contribution in [3.63, 3.8) is 0 Å². The SMILES string of the molecule is CC(O)c1cn(CC2CCN(c3nc(N)nc4nc[nH]c34)CC2)nn1. The Kier molecular flexibility index (Phi) is 3.96. The van der Waals surface area contributed by atoms with Crippen LogP contribution in [0.4, 0.5) is 11.8 Å². The van der Waals surface area contributed by atoms with Crippen molar-refractivity contribution in [1.29, 1.82) is 0 Å². The Balaban J connectivity index is 1.43. The van der Waals surface area contributed by atoms with Crippen LogP contribution in [0, 0.1) is 5.92 Å². The van der Waals surface area contributed by atoms with Gasteiger partial charge in [0.1, 0.15) is 11.2 Å². The number of piperidine rings is 1. The van der Waals surface area contributed by atoms with Crippen molar-refractivity contribution in [2.24, 2.45) is 5.92 Å². The highest BCUT2D eigenvalue weighted by molar-refractivity contribution is 5.84. The van der Waals surface area contributed by atoms with Gasteiger partial charge in [-0.1, -0.05) is 5.21 Å². The Morgan fingerprint density at radius 1 is 1.36 bits per heavy atom. The number of imidazole rings is 1. The molecule has 0 radical (unpaired) electrons. The average Bonchev–Trinajstić information content (AvgIpc) is 3.24. The van der Waals surface area contributed by atoms with Crippen LogP contribution in [-0.2, 0) is 6.54 Å². The van der Waals surface area contributed by atoms with Gasteiger partial charge in [0.15, 0.2) is 11.5 Å². The van der Waals surface area contributed by atoms with E-state index in [2.05, 4.69) is 35.1 Å². The van der Waals surface area contributed by atoms with Crippen LogP contribution in [0.3, 0.4) is 0 Å². The maximum atomic E-state index is 9.54. The molecule has 0 bridgehead atoms. The number of H-pyrrole nitrogens is 1. The lowest BCUT2D eigenvalue weighted by Crippen LogP contribution is -2.36. The molecule has 25 heavy (non-hydrogen) atoms. The number of nitrogens with zero attached hydrogens (tertiary/aromatic N) is 7. The fourth-order valence-electron chi connectivity index (χ4n) is 3.25. The van der Waals surface area contributed by atoms with Crippen LogP contribution in [0.2, 0.25) is 0 Å². The third-order valence-electron chi connectivity index (χ3n) is 4.63. The molecule has 10 nitrogen and oxygen atoms in total. The van der Waals surface area contributed by atoms with Crippen LogP contribution in [0.25, 0.3) is 11.2 Å². The zero-order valence-electron chi connectivity index (χ0n) is 14.0. The van der Waals surface area contributed by atoms with Crippen LogP contribution < -0.4 is 10.6 Å². The van der Waals surface area contributed by atoms with Gasteiger partial charge in [0.2, 0.25) is 5.95 Å². The number of fused-ring (bicyclic) bond motifs is 1. The topological polar surface area (TPSA) is 135 Å². The summed E-state index contributed by atoms with van der Waals surface area (Å²) in [4.78, 5) is 18.0. The van der Waals surface area contributed by atoms with Gasteiger partial charge in [-0.3, -0.25) is 4.68 Å². The number of aliphatic hydroxyl groups excluding tert-OH is 1. The molecule has 3 aromatic rings. The summed E-state index contributed by atoms with van der Waals surface area (Å²) in [6, 6.07) is 0. The molecule has 3 aromatic heterocycles. The van der Waals surface area contributed by atoms with E-state index in [0.717, 1.165) is 43.8 Å². The van der Waals surface area contributed by atoms with E-state index >= 15 is 0 Å². The molecule has 1 aliphatic rings. The highest BCUT2D eigenvalue weighted by Crippen LogP contribution is 2.27. The molecule has 0 aliphatic carbocycles. The van der Waals surface area contributed by atoms with E-state index in [-0.39, 0.29) is 5.95 Å². The number of nitrogens with one attached hydrogen (secondary N) is 1. The molecular weight excluding hydrogens is 322 g/mol. The molecule has 132 valence electrons. The van der Waals surface area contributed by atoms with Gasteiger partial charge >= 0.3 is 0 Å². The van der Waals surface area contributed by atoms with E-state index in [4.69, 9.17) is 5.73 Å². The standard InChI is InChI=1S/C15H21N9O/c1-9(25)11-7-24(22-21-11)6-10-2-4-23(5-3-10)14-12-13(18-8-17-12)19-15(16)20-14/h7-10,25H,2-6H2,1H3,(H3,16,17,18,19,20). The number of aliphatic hydroxyl groups is 1. The van der Waals surface area contributed by atoms with Gasteiger partial charge in [0.05, 0.1) is 18.6 Å². The van der Waals surface area contributed by atoms with Crippen LogP contribution in [0.15, 0.2) is 12.5 Å². The van der Waals surface area contributed by atoms with Gasteiger partial charge in [-0.15, -0.1) is 5.10 Å². The minimum atomic E-state index is -0.587. The maximum Gasteiger partial charge on any atom is 0.224 e. The summed E-state index contributed by atoms with van der Waals surface area (Å²) in [5.74, 6) is 1.57. The van der Waals surface area contributed by atoms with Crippen molar-refractivity contribution < 1.29 is 5.11 Å². The van der Waals surface area contributed by atoms with Gasteiger partial charge in [0.25, 0.3) is 0 Å². The molecule has 4 heterocycles. The molecule has 1 saturated heterocycles. The van der Waals surface area contributed by atoms with Crippen LogP contribution in [-0.4, -0.2) is 53.1 Å². The normalized spacial score (nSPS) is 17.3. The summed E-state index contributed by atoms with van der Waals surface area (Å²) < 4.78 is 1.82. The fraction of sp³-hybridized carbons (Fsp3) is 0.533. The smallest absolute Gasteiger partial charge is 0.224 e. The molecule has 0 amide bonds. The predicted molar refractivity (Wildman–Crippen MR) is 91.7 cm³/mol. The summed E-state index contributed by atoms with van der Waals surface area (Å²) >= 11 is 0.